The van der Waals surface area contributed by atoms with Gasteiger partial charge in [-0.05, 0) is 43.1 Å². The van der Waals surface area contributed by atoms with E-state index in [-0.39, 0.29) is 24.3 Å². The number of pyridine rings is 1. The molecule has 30 heavy (non-hydrogen) atoms. The summed E-state index contributed by atoms with van der Waals surface area (Å²) in [6.45, 7) is 1.40. The van der Waals surface area contributed by atoms with E-state index >= 15 is 0 Å². The largest absolute Gasteiger partial charge is 0.368 e. The number of nitrogens with zero attached hydrogens (tertiary/aromatic N) is 3. The second-order valence-corrected chi connectivity index (χ2v) is 8.16. The van der Waals surface area contributed by atoms with Crippen molar-refractivity contribution >= 4 is 28.8 Å². The molecule has 0 bridgehead atoms. The van der Waals surface area contributed by atoms with Crippen LogP contribution in [-0.2, 0) is 22.6 Å². The van der Waals surface area contributed by atoms with E-state index in [0.29, 0.717) is 6.54 Å². The maximum atomic E-state index is 12.6. The Bertz CT molecular complexity index is 1040. The average Bonchev–Trinajstić information content (AvgIpc) is 3.40. The van der Waals surface area contributed by atoms with Crippen LogP contribution in [0.25, 0.3) is 10.6 Å². The molecule has 1 saturated heterocycles. The number of carbonyl (C=O) groups is 2. The lowest BCUT2D eigenvalue weighted by Gasteiger charge is -2.23. The summed E-state index contributed by atoms with van der Waals surface area (Å²) in [4.78, 5) is 35.1. The van der Waals surface area contributed by atoms with Crippen LogP contribution in [-0.4, -0.2) is 39.3 Å². The Hall–Kier alpha value is -3.10. The van der Waals surface area contributed by atoms with Crippen molar-refractivity contribution in [3.63, 3.8) is 0 Å². The fourth-order valence-corrected chi connectivity index (χ4v) is 4.52. The summed E-state index contributed by atoms with van der Waals surface area (Å²) in [6, 6.07) is 11.2. The normalized spacial score (nSPS) is 16.5. The van der Waals surface area contributed by atoms with Crippen LogP contribution >= 0.6 is 11.3 Å². The first-order valence-electron chi connectivity index (χ1n) is 9.86. The maximum Gasteiger partial charge on any atom is 0.234 e. The molecule has 154 valence electrons. The van der Waals surface area contributed by atoms with Crippen LogP contribution in [0.4, 0.5) is 5.69 Å². The Kier molecular flexibility index (Phi) is 6.15. The highest BCUT2D eigenvalue weighted by Crippen LogP contribution is 2.25. The fourth-order valence-electron chi connectivity index (χ4n) is 3.71. The number of rotatable bonds is 7. The molecule has 7 nitrogen and oxygen atoms in total. The number of aromatic nitrogens is 2. The molecule has 2 amide bonds. The molecule has 3 N–H and O–H groups in total. The second kappa shape index (κ2) is 9.15. The van der Waals surface area contributed by atoms with Crippen molar-refractivity contribution in [2.75, 3.05) is 11.9 Å². The number of para-hydroxylation sites is 1. The minimum absolute atomic E-state index is 0.127. The molecule has 3 heterocycles. The third kappa shape index (κ3) is 4.72. The first kappa shape index (κ1) is 20.2. The molecule has 1 atom stereocenters. The van der Waals surface area contributed by atoms with Crippen molar-refractivity contribution in [2.24, 2.45) is 5.73 Å². The lowest BCUT2D eigenvalue weighted by molar-refractivity contribution is -0.122. The number of likely N-dealkylation sites (tertiary alicyclic amines) is 1. The minimum atomic E-state index is -0.290. The van der Waals surface area contributed by atoms with E-state index < -0.39 is 0 Å². The Morgan fingerprint density at radius 3 is 2.90 bits per heavy atom. The summed E-state index contributed by atoms with van der Waals surface area (Å²) in [7, 11) is 0. The molecule has 2 aromatic heterocycles. The van der Waals surface area contributed by atoms with Gasteiger partial charge in [0.25, 0.3) is 0 Å². The molecule has 3 aromatic rings. The zero-order valence-electron chi connectivity index (χ0n) is 16.5. The van der Waals surface area contributed by atoms with Crippen molar-refractivity contribution < 1.29 is 9.59 Å². The molecule has 0 radical (unpaired) electrons. The molecular formula is C22H23N5O2S. The molecule has 1 aromatic carbocycles. The monoisotopic (exact) mass is 421 g/mol. The van der Waals surface area contributed by atoms with Crippen LogP contribution in [0.5, 0.6) is 0 Å². The average molecular weight is 422 g/mol. The van der Waals surface area contributed by atoms with E-state index in [1.165, 1.54) is 11.3 Å². The summed E-state index contributed by atoms with van der Waals surface area (Å²) in [5, 5.41) is 5.74. The Morgan fingerprint density at radius 2 is 2.10 bits per heavy atom. The Labute approximate surface area is 179 Å². The number of primary amides is 1. The summed E-state index contributed by atoms with van der Waals surface area (Å²) < 4.78 is 0. The van der Waals surface area contributed by atoms with Crippen LogP contribution in [0.15, 0.2) is 54.2 Å². The van der Waals surface area contributed by atoms with Gasteiger partial charge >= 0.3 is 0 Å². The van der Waals surface area contributed by atoms with Gasteiger partial charge in [-0.2, -0.15) is 0 Å². The third-order valence-corrected chi connectivity index (χ3v) is 6.10. The number of benzene rings is 1. The van der Waals surface area contributed by atoms with E-state index in [0.717, 1.165) is 46.9 Å². The van der Waals surface area contributed by atoms with Gasteiger partial charge in [0.1, 0.15) is 5.01 Å². The summed E-state index contributed by atoms with van der Waals surface area (Å²) >= 11 is 1.50. The molecular weight excluding hydrogens is 398 g/mol. The van der Waals surface area contributed by atoms with Crippen LogP contribution in [0.2, 0.25) is 0 Å². The first-order valence-corrected chi connectivity index (χ1v) is 10.7. The molecule has 1 unspecified atom stereocenters. The highest BCUT2D eigenvalue weighted by atomic mass is 32.1. The topological polar surface area (TPSA) is 101 Å². The van der Waals surface area contributed by atoms with Crippen LogP contribution in [0.1, 0.15) is 24.1 Å². The number of thiazole rings is 1. The van der Waals surface area contributed by atoms with Gasteiger partial charge < -0.3 is 11.1 Å². The molecule has 0 aliphatic carbocycles. The fraction of sp³-hybridized carbons (Fsp3) is 0.273. The highest BCUT2D eigenvalue weighted by Gasteiger charge is 2.29. The van der Waals surface area contributed by atoms with Crippen molar-refractivity contribution in [3.8, 4) is 10.6 Å². The van der Waals surface area contributed by atoms with E-state index in [9.17, 15) is 9.59 Å². The predicted molar refractivity (Wildman–Crippen MR) is 117 cm³/mol. The maximum absolute atomic E-state index is 12.6. The summed E-state index contributed by atoms with van der Waals surface area (Å²) in [5.74, 6) is -0.416. The predicted octanol–water partition coefficient (Wildman–Crippen LogP) is 2.84. The number of carbonyl (C=O) groups excluding carboxylic acids is 2. The van der Waals surface area contributed by atoms with Gasteiger partial charge in [-0.3, -0.25) is 19.5 Å². The smallest absolute Gasteiger partial charge is 0.234 e. The highest BCUT2D eigenvalue weighted by molar-refractivity contribution is 7.13. The van der Waals surface area contributed by atoms with Crippen LogP contribution in [0, 0.1) is 0 Å². The number of hydrogen-bond acceptors (Lipinski definition) is 6. The first-order chi connectivity index (χ1) is 14.6. The molecule has 4 rings (SSSR count). The summed E-state index contributed by atoms with van der Waals surface area (Å²) in [5.41, 5.74) is 8.91. The van der Waals surface area contributed by atoms with Gasteiger partial charge in [-0.1, -0.05) is 18.2 Å². The number of nitrogens with one attached hydrogen (secondary N) is 1. The quantitative estimate of drug-likeness (QED) is 0.611. The number of anilines is 1. The van der Waals surface area contributed by atoms with Gasteiger partial charge in [-0.15, -0.1) is 11.3 Å². The molecule has 1 fully saturated rings. The van der Waals surface area contributed by atoms with Gasteiger partial charge in [-0.25, -0.2) is 4.98 Å². The summed E-state index contributed by atoms with van der Waals surface area (Å²) in [6.07, 6.45) is 5.41. The molecule has 0 spiro atoms. The van der Waals surface area contributed by atoms with Crippen molar-refractivity contribution in [2.45, 2.75) is 31.8 Å². The molecule has 8 heteroatoms. The number of hydrogen-bond donors (Lipinski definition) is 2. The van der Waals surface area contributed by atoms with Gasteiger partial charge in [0.2, 0.25) is 11.8 Å². The molecule has 1 aliphatic heterocycles. The SMILES string of the molecule is NC(=O)C1CCCN1Cc1ccccc1NC(=O)Cc1csc(-c2cccnc2)n1. The van der Waals surface area contributed by atoms with Crippen molar-refractivity contribution in [1.82, 2.24) is 14.9 Å². The second-order valence-electron chi connectivity index (χ2n) is 7.30. The van der Waals surface area contributed by atoms with E-state index in [4.69, 9.17) is 5.73 Å². The van der Waals surface area contributed by atoms with E-state index in [1.807, 2.05) is 41.8 Å². The lowest BCUT2D eigenvalue weighted by atomic mass is 10.1. The van der Waals surface area contributed by atoms with Crippen molar-refractivity contribution in [3.05, 3.63) is 65.4 Å². The van der Waals surface area contributed by atoms with E-state index in [1.54, 1.807) is 12.4 Å². The van der Waals surface area contributed by atoms with Crippen LogP contribution in [0.3, 0.4) is 0 Å². The lowest BCUT2D eigenvalue weighted by Crippen LogP contribution is -2.39. The van der Waals surface area contributed by atoms with Crippen molar-refractivity contribution in [1.29, 1.82) is 0 Å². The molecule has 0 saturated carbocycles. The van der Waals surface area contributed by atoms with Crippen LogP contribution < -0.4 is 11.1 Å². The Balaban J connectivity index is 1.42. The van der Waals surface area contributed by atoms with Gasteiger partial charge in [0.15, 0.2) is 0 Å². The zero-order chi connectivity index (χ0) is 20.9. The number of amides is 2. The Morgan fingerprint density at radius 1 is 1.23 bits per heavy atom. The zero-order valence-corrected chi connectivity index (χ0v) is 17.3. The van der Waals surface area contributed by atoms with Gasteiger partial charge in [0.05, 0.1) is 18.2 Å². The standard InChI is InChI=1S/C22H23N5O2S/c23-21(29)19-8-4-10-27(19)13-16-5-1-2-7-18(16)26-20(28)11-17-14-30-22(25-17)15-6-3-9-24-12-15/h1-3,5-7,9,12,14,19H,4,8,10-11,13H2,(H2,23,29)(H,26,28). The van der Waals surface area contributed by atoms with Gasteiger partial charge in [0, 0.05) is 35.6 Å². The van der Waals surface area contributed by atoms with E-state index in [2.05, 4.69) is 20.2 Å². The minimum Gasteiger partial charge on any atom is -0.368 e. The number of nitrogens with two attached hydrogens (primary N) is 1. The third-order valence-electron chi connectivity index (χ3n) is 5.16. The molecule has 1 aliphatic rings.